The van der Waals surface area contributed by atoms with Crippen LogP contribution >= 0.6 is 10.7 Å². The lowest BCUT2D eigenvalue weighted by Gasteiger charge is -2.31. The van der Waals surface area contributed by atoms with Crippen molar-refractivity contribution in [3.8, 4) is 0 Å². The van der Waals surface area contributed by atoms with E-state index in [1.807, 2.05) is 6.92 Å². The minimum atomic E-state index is -3.32. The van der Waals surface area contributed by atoms with Gasteiger partial charge in [-0.05, 0) is 32.7 Å². The fourth-order valence-corrected chi connectivity index (χ4v) is 2.80. The molecule has 0 amide bonds. The maximum Gasteiger partial charge on any atom is 0.232 e. The van der Waals surface area contributed by atoms with E-state index in [9.17, 15) is 8.42 Å². The van der Waals surface area contributed by atoms with E-state index in [-0.39, 0.29) is 5.75 Å². The Bertz CT molecular complexity index is 286. The van der Waals surface area contributed by atoms with Gasteiger partial charge < -0.3 is 9.64 Å². The first-order chi connectivity index (χ1) is 7.51. The predicted octanol–water partition coefficient (Wildman–Crippen LogP) is 1.45. The molecule has 4 nitrogen and oxygen atoms in total. The largest absolute Gasteiger partial charge is 0.378 e. The molecule has 1 heterocycles. The van der Waals surface area contributed by atoms with Gasteiger partial charge in [0.15, 0.2) is 0 Å². The molecule has 0 aromatic rings. The van der Waals surface area contributed by atoms with Crippen LogP contribution < -0.4 is 0 Å². The third-order valence-corrected chi connectivity index (χ3v) is 4.04. The Morgan fingerprint density at radius 3 is 2.50 bits per heavy atom. The average molecular weight is 270 g/mol. The topological polar surface area (TPSA) is 46.6 Å². The SMILES string of the molecule is CCOC1CCN(CCCS(=O)(=O)Cl)CC1. The first kappa shape index (κ1) is 14.2. The monoisotopic (exact) mass is 269 g/mol. The first-order valence-corrected chi connectivity index (χ1v) is 8.25. The smallest absolute Gasteiger partial charge is 0.232 e. The molecule has 1 aliphatic heterocycles. The van der Waals surface area contributed by atoms with Gasteiger partial charge in [-0.25, -0.2) is 8.42 Å². The van der Waals surface area contributed by atoms with E-state index in [1.165, 1.54) is 0 Å². The van der Waals surface area contributed by atoms with Gasteiger partial charge in [-0.15, -0.1) is 0 Å². The van der Waals surface area contributed by atoms with Crippen LogP contribution in [0.4, 0.5) is 0 Å². The summed E-state index contributed by atoms with van der Waals surface area (Å²) in [6, 6.07) is 0. The van der Waals surface area contributed by atoms with Gasteiger partial charge in [0.25, 0.3) is 0 Å². The van der Waals surface area contributed by atoms with Gasteiger partial charge >= 0.3 is 0 Å². The minimum Gasteiger partial charge on any atom is -0.378 e. The maximum atomic E-state index is 10.7. The maximum absolute atomic E-state index is 10.7. The number of rotatable bonds is 6. The zero-order valence-corrected chi connectivity index (χ0v) is 11.3. The molecule has 1 aliphatic rings. The molecular weight excluding hydrogens is 250 g/mol. The first-order valence-electron chi connectivity index (χ1n) is 5.77. The van der Waals surface area contributed by atoms with E-state index < -0.39 is 9.05 Å². The Balaban J connectivity index is 2.13. The molecule has 96 valence electrons. The molecular formula is C10H20ClNO3S. The van der Waals surface area contributed by atoms with Crippen LogP contribution in [0.25, 0.3) is 0 Å². The molecule has 0 atom stereocenters. The molecule has 6 heteroatoms. The molecule has 0 N–H and O–H groups in total. The summed E-state index contributed by atoms with van der Waals surface area (Å²) in [4.78, 5) is 2.28. The molecule has 1 saturated heterocycles. The van der Waals surface area contributed by atoms with Gasteiger partial charge in [0.05, 0.1) is 11.9 Å². The summed E-state index contributed by atoms with van der Waals surface area (Å²) in [6.45, 7) is 5.58. The lowest BCUT2D eigenvalue weighted by atomic mass is 10.1. The van der Waals surface area contributed by atoms with Gasteiger partial charge in [0, 0.05) is 30.4 Å². The second-order valence-electron chi connectivity index (χ2n) is 4.09. The van der Waals surface area contributed by atoms with Crippen LogP contribution in [0.1, 0.15) is 26.2 Å². The summed E-state index contributed by atoms with van der Waals surface area (Å²) in [5.41, 5.74) is 0. The van der Waals surface area contributed by atoms with Crippen LogP contribution in [0.15, 0.2) is 0 Å². The van der Waals surface area contributed by atoms with E-state index in [2.05, 4.69) is 4.90 Å². The van der Waals surface area contributed by atoms with Gasteiger partial charge in [0.1, 0.15) is 0 Å². The van der Waals surface area contributed by atoms with Gasteiger partial charge in [-0.1, -0.05) is 0 Å². The highest BCUT2D eigenvalue weighted by Gasteiger charge is 2.19. The molecule has 0 bridgehead atoms. The van der Waals surface area contributed by atoms with Crippen LogP contribution in [0.2, 0.25) is 0 Å². The predicted molar refractivity (Wildman–Crippen MR) is 65.3 cm³/mol. The molecule has 0 aromatic heterocycles. The van der Waals surface area contributed by atoms with Crippen LogP contribution in [0.5, 0.6) is 0 Å². The van der Waals surface area contributed by atoms with Crippen molar-refractivity contribution in [2.24, 2.45) is 0 Å². The van der Waals surface area contributed by atoms with E-state index in [0.717, 1.165) is 39.1 Å². The average Bonchev–Trinajstić information content (AvgIpc) is 2.19. The second-order valence-corrected chi connectivity index (χ2v) is 6.99. The van der Waals surface area contributed by atoms with Crippen molar-refractivity contribution < 1.29 is 13.2 Å². The van der Waals surface area contributed by atoms with Gasteiger partial charge in [0.2, 0.25) is 9.05 Å². The Morgan fingerprint density at radius 1 is 1.38 bits per heavy atom. The van der Waals surface area contributed by atoms with Crippen LogP contribution in [0.3, 0.4) is 0 Å². The summed E-state index contributed by atoms with van der Waals surface area (Å²) in [7, 11) is 1.83. The zero-order valence-electron chi connectivity index (χ0n) is 9.69. The molecule has 0 radical (unpaired) electrons. The lowest BCUT2D eigenvalue weighted by Crippen LogP contribution is -2.37. The molecule has 16 heavy (non-hydrogen) atoms. The van der Waals surface area contributed by atoms with Crippen molar-refractivity contribution >= 4 is 19.7 Å². The van der Waals surface area contributed by atoms with Crippen molar-refractivity contribution in [2.75, 3.05) is 32.0 Å². The van der Waals surface area contributed by atoms with Crippen LogP contribution in [-0.4, -0.2) is 51.4 Å². The normalized spacial score (nSPS) is 20.1. The second kappa shape index (κ2) is 6.79. The van der Waals surface area contributed by atoms with E-state index in [0.29, 0.717) is 12.5 Å². The number of likely N-dealkylation sites (tertiary alicyclic amines) is 1. The van der Waals surface area contributed by atoms with Crippen molar-refractivity contribution in [3.05, 3.63) is 0 Å². The van der Waals surface area contributed by atoms with Crippen molar-refractivity contribution in [1.29, 1.82) is 0 Å². The number of piperidine rings is 1. The van der Waals surface area contributed by atoms with Gasteiger partial charge in [-0.3, -0.25) is 0 Å². The van der Waals surface area contributed by atoms with Crippen molar-refractivity contribution in [2.45, 2.75) is 32.3 Å². The number of halogens is 1. The Kier molecular flexibility index (Phi) is 6.03. The number of nitrogens with zero attached hydrogens (tertiary/aromatic N) is 1. The van der Waals surface area contributed by atoms with Crippen molar-refractivity contribution in [1.82, 2.24) is 4.90 Å². The standard InChI is InChI=1S/C10H20ClNO3S/c1-2-15-10-4-7-12(8-5-10)6-3-9-16(11,13)14/h10H,2-9H2,1H3. The lowest BCUT2D eigenvalue weighted by molar-refractivity contribution is 0.0144. The zero-order chi connectivity index (χ0) is 12.0. The van der Waals surface area contributed by atoms with Crippen LogP contribution in [-0.2, 0) is 13.8 Å². The molecule has 1 rings (SSSR count). The third kappa shape index (κ3) is 6.03. The van der Waals surface area contributed by atoms with Crippen molar-refractivity contribution in [3.63, 3.8) is 0 Å². The Labute approximate surface area is 102 Å². The van der Waals surface area contributed by atoms with E-state index >= 15 is 0 Å². The summed E-state index contributed by atoms with van der Waals surface area (Å²) in [5, 5.41) is 0. The number of hydrogen-bond donors (Lipinski definition) is 0. The van der Waals surface area contributed by atoms with Gasteiger partial charge in [-0.2, -0.15) is 0 Å². The summed E-state index contributed by atoms with van der Waals surface area (Å²) < 4.78 is 27.0. The minimum absolute atomic E-state index is 0.0694. The molecule has 0 saturated carbocycles. The van der Waals surface area contributed by atoms with E-state index in [1.54, 1.807) is 0 Å². The number of ether oxygens (including phenoxy) is 1. The van der Waals surface area contributed by atoms with E-state index in [4.69, 9.17) is 15.4 Å². The fourth-order valence-electron chi connectivity index (χ4n) is 2.00. The highest BCUT2D eigenvalue weighted by atomic mass is 35.7. The molecule has 0 unspecified atom stereocenters. The Morgan fingerprint density at radius 2 is 2.00 bits per heavy atom. The summed E-state index contributed by atoms with van der Waals surface area (Å²) in [5.74, 6) is 0.0694. The molecule has 0 aromatic carbocycles. The number of hydrogen-bond acceptors (Lipinski definition) is 4. The summed E-state index contributed by atoms with van der Waals surface area (Å²) in [6.07, 6.45) is 3.09. The summed E-state index contributed by atoms with van der Waals surface area (Å²) >= 11 is 0. The highest BCUT2D eigenvalue weighted by Crippen LogP contribution is 2.14. The van der Waals surface area contributed by atoms with Crippen LogP contribution in [0, 0.1) is 0 Å². The quantitative estimate of drug-likeness (QED) is 0.685. The Hall–Kier alpha value is 0.160. The highest BCUT2D eigenvalue weighted by molar-refractivity contribution is 8.13. The third-order valence-electron chi connectivity index (χ3n) is 2.80. The molecule has 0 aliphatic carbocycles. The fraction of sp³-hybridized carbons (Fsp3) is 1.00. The molecule has 1 fully saturated rings. The molecule has 0 spiro atoms.